The lowest BCUT2D eigenvalue weighted by Gasteiger charge is -2.14. The van der Waals surface area contributed by atoms with Gasteiger partial charge in [0.25, 0.3) is 0 Å². The molecule has 2 aromatic carbocycles. The van der Waals surface area contributed by atoms with E-state index in [-0.39, 0.29) is 44.0 Å². The summed E-state index contributed by atoms with van der Waals surface area (Å²) in [4.78, 5) is 12.7. The Labute approximate surface area is 169 Å². The molecule has 0 saturated heterocycles. The molecule has 146 valence electrons. The lowest BCUT2D eigenvalue weighted by molar-refractivity contribution is -0.0526. The summed E-state index contributed by atoms with van der Waals surface area (Å²) < 4.78 is 39.8. The van der Waals surface area contributed by atoms with Gasteiger partial charge in [-0.3, -0.25) is 4.79 Å². The first-order valence-electron chi connectivity index (χ1n) is 7.63. The van der Waals surface area contributed by atoms with Crippen molar-refractivity contribution in [2.45, 2.75) is 6.61 Å². The van der Waals surface area contributed by atoms with Crippen molar-refractivity contribution >= 4 is 35.1 Å². The quantitative estimate of drug-likeness (QED) is 0.336. The number of benzene rings is 2. The monoisotopic (exact) mass is 427 g/mol. The van der Waals surface area contributed by atoms with Crippen LogP contribution in [0.1, 0.15) is 15.9 Å². The molecule has 9 heteroatoms. The molecule has 0 spiro atoms. The molecule has 0 amide bonds. The van der Waals surface area contributed by atoms with Gasteiger partial charge in [0.1, 0.15) is 11.6 Å². The molecule has 2 rings (SSSR count). The topological polar surface area (TPSA) is 68.5 Å². The van der Waals surface area contributed by atoms with E-state index in [1.165, 1.54) is 44.6 Å². The van der Waals surface area contributed by atoms with E-state index in [0.29, 0.717) is 0 Å². The van der Waals surface area contributed by atoms with E-state index in [4.69, 9.17) is 32.7 Å². The smallest absolute Gasteiger partial charge is 0.387 e. The predicted molar refractivity (Wildman–Crippen MR) is 101 cm³/mol. The number of carbonyl (C=O) groups excluding carboxylic acids is 1. The Hall–Kier alpha value is -2.82. The van der Waals surface area contributed by atoms with Gasteiger partial charge in [0.05, 0.1) is 29.8 Å². The van der Waals surface area contributed by atoms with Gasteiger partial charge in [-0.05, 0) is 35.9 Å². The maximum atomic E-state index is 12.7. The van der Waals surface area contributed by atoms with Crippen LogP contribution in [0, 0.1) is 11.3 Å². The minimum atomic E-state index is -3.09. The molecule has 0 aliphatic carbocycles. The Morgan fingerprint density at radius 1 is 1.14 bits per heavy atom. The summed E-state index contributed by atoms with van der Waals surface area (Å²) in [5, 5.41) is 9.60. The van der Waals surface area contributed by atoms with Crippen LogP contribution in [0.5, 0.6) is 17.2 Å². The van der Waals surface area contributed by atoms with Gasteiger partial charge in [-0.2, -0.15) is 14.0 Å². The van der Waals surface area contributed by atoms with E-state index in [0.717, 1.165) is 0 Å². The van der Waals surface area contributed by atoms with Crippen LogP contribution in [0.15, 0.2) is 35.9 Å². The lowest BCUT2D eigenvalue weighted by Crippen LogP contribution is -2.06. The van der Waals surface area contributed by atoms with E-state index in [1.807, 2.05) is 0 Å². The molecule has 28 heavy (non-hydrogen) atoms. The van der Waals surface area contributed by atoms with Crippen LogP contribution in [0.25, 0.3) is 6.08 Å². The molecular weight excluding hydrogens is 415 g/mol. The molecule has 0 N–H and O–H groups in total. The fourth-order valence-electron chi connectivity index (χ4n) is 2.35. The number of ether oxygens (including phenoxy) is 3. The number of nitrogens with zero attached hydrogens (tertiary/aromatic N) is 1. The fraction of sp³-hybridized carbons (Fsp3) is 0.158. The SMILES string of the molecule is COc1cc(/C=C(/C#N)C(=O)c2c(Cl)cccc2Cl)cc(OC)c1OC(F)F. The van der Waals surface area contributed by atoms with Gasteiger partial charge in [0, 0.05) is 0 Å². The number of Topliss-reactive ketones (excluding diaryl/α,β-unsaturated/α-hetero) is 1. The third-order valence-electron chi connectivity index (χ3n) is 3.56. The Morgan fingerprint density at radius 2 is 1.68 bits per heavy atom. The molecule has 0 bridgehead atoms. The number of rotatable bonds is 7. The summed E-state index contributed by atoms with van der Waals surface area (Å²) in [6.45, 7) is -3.09. The van der Waals surface area contributed by atoms with Gasteiger partial charge in [0.2, 0.25) is 11.5 Å². The summed E-state index contributed by atoms with van der Waals surface area (Å²) in [5.41, 5.74) is -0.0137. The molecule has 0 unspecified atom stereocenters. The minimum Gasteiger partial charge on any atom is -0.493 e. The summed E-state index contributed by atoms with van der Waals surface area (Å²) in [6, 6.07) is 8.93. The average Bonchev–Trinajstić information content (AvgIpc) is 2.65. The van der Waals surface area contributed by atoms with Crippen LogP contribution < -0.4 is 14.2 Å². The number of halogens is 4. The molecular formula is C19H13Cl2F2NO4. The van der Waals surface area contributed by atoms with Crippen LogP contribution in [0.4, 0.5) is 8.78 Å². The van der Waals surface area contributed by atoms with Crippen LogP contribution in [-0.4, -0.2) is 26.6 Å². The number of methoxy groups -OCH3 is 2. The highest BCUT2D eigenvalue weighted by Crippen LogP contribution is 2.40. The maximum Gasteiger partial charge on any atom is 0.387 e. The largest absolute Gasteiger partial charge is 0.493 e. The van der Waals surface area contributed by atoms with E-state index in [1.54, 1.807) is 12.1 Å². The van der Waals surface area contributed by atoms with Gasteiger partial charge in [-0.1, -0.05) is 29.3 Å². The number of ketones is 1. The van der Waals surface area contributed by atoms with Crippen molar-refractivity contribution in [2.24, 2.45) is 0 Å². The van der Waals surface area contributed by atoms with Gasteiger partial charge in [-0.15, -0.1) is 0 Å². The van der Waals surface area contributed by atoms with Crippen LogP contribution in [0.2, 0.25) is 10.0 Å². The second-order valence-electron chi connectivity index (χ2n) is 5.23. The third-order valence-corrected chi connectivity index (χ3v) is 4.19. The zero-order valence-corrected chi connectivity index (χ0v) is 16.1. The molecule has 0 aliphatic rings. The number of nitriles is 1. The fourth-order valence-corrected chi connectivity index (χ4v) is 2.92. The van der Waals surface area contributed by atoms with Crippen molar-refractivity contribution in [1.29, 1.82) is 5.26 Å². The molecule has 0 aromatic heterocycles. The van der Waals surface area contributed by atoms with Gasteiger partial charge in [0.15, 0.2) is 11.5 Å². The molecule has 0 heterocycles. The molecule has 5 nitrogen and oxygen atoms in total. The van der Waals surface area contributed by atoms with Crippen molar-refractivity contribution in [3.8, 4) is 23.3 Å². The van der Waals surface area contributed by atoms with Crippen LogP contribution in [0.3, 0.4) is 0 Å². The Balaban J connectivity index is 2.55. The highest BCUT2D eigenvalue weighted by molar-refractivity contribution is 6.41. The number of allylic oxidation sites excluding steroid dienone is 1. The highest BCUT2D eigenvalue weighted by atomic mass is 35.5. The lowest BCUT2D eigenvalue weighted by atomic mass is 10.0. The maximum absolute atomic E-state index is 12.7. The van der Waals surface area contributed by atoms with E-state index in [2.05, 4.69) is 4.74 Å². The first kappa shape index (κ1) is 21.5. The molecule has 0 atom stereocenters. The molecule has 0 fully saturated rings. The number of hydrogen-bond acceptors (Lipinski definition) is 5. The molecule has 0 aliphatic heterocycles. The van der Waals surface area contributed by atoms with Crippen LogP contribution >= 0.6 is 23.2 Å². The van der Waals surface area contributed by atoms with Crippen LogP contribution in [-0.2, 0) is 0 Å². The Kier molecular flexibility index (Phi) is 7.21. The summed E-state index contributed by atoms with van der Waals surface area (Å²) in [6.07, 6.45) is 1.24. The number of hydrogen-bond donors (Lipinski definition) is 0. The van der Waals surface area contributed by atoms with Gasteiger partial charge in [-0.25, -0.2) is 0 Å². The Bertz CT molecular complexity index is 926. The zero-order valence-electron chi connectivity index (χ0n) is 14.6. The molecule has 0 saturated carbocycles. The highest BCUT2D eigenvalue weighted by Gasteiger charge is 2.21. The van der Waals surface area contributed by atoms with Crippen molar-refractivity contribution in [2.75, 3.05) is 14.2 Å². The van der Waals surface area contributed by atoms with Gasteiger partial charge >= 0.3 is 6.61 Å². The minimum absolute atomic E-state index is 0.0183. The van der Waals surface area contributed by atoms with E-state index >= 15 is 0 Å². The van der Waals surface area contributed by atoms with E-state index in [9.17, 15) is 18.8 Å². The standard InChI is InChI=1S/C19H13Cl2F2NO4/c1-26-14-7-10(8-15(27-2)18(14)28-19(22)23)6-11(9-24)17(25)16-12(20)4-3-5-13(16)21/h3-8,19H,1-2H3/b11-6-. The van der Waals surface area contributed by atoms with Crippen molar-refractivity contribution in [3.05, 3.63) is 57.1 Å². The second kappa shape index (κ2) is 9.40. The first-order chi connectivity index (χ1) is 13.3. The predicted octanol–water partition coefficient (Wildman–Crippen LogP) is 5.40. The number of alkyl halides is 2. The number of carbonyl (C=O) groups is 1. The van der Waals surface area contributed by atoms with Crippen molar-refractivity contribution in [3.63, 3.8) is 0 Å². The normalized spacial score (nSPS) is 11.1. The summed E-state index contributed by atoms with van der Waals surface area (Å²) >= 11 is 12.0. The first-order valence-corrected chi connectivity index (χ1v) is 8.39. The summed E-state index contributed by atoms with van der Waals surface area (Å²) in [7, 11) is 2.50. The van der Waals surface area contributed by atoms with Gasteiger partial charge < -0.3 is 14.2 Å². The second-order valence-corrected chi connectivity index (χ2v) is 6.04. The zero-order chi connectivity index (χ0) is 20.8. The average molecular weight is 428 g/mol. The summed E-state index contributed by atoms with van der Waals surface area (Å²) in [5.74, 6) is -1.13. The van der Waals surface area contributed by atoms with E-state index < -0.39 is 12.4 Å². The Morgan fingerprint density at radius 3 is 2.11 bits per heavy atom. The van der Waals surface area contributed by atoms with Crippen molar-refractivity contribution in [1.82, 2.24) is 0 Å². The molecule has 0 radical (unpaired) electrons. The van der Waals surface area contributed by atoms with Crippen molar-refractivity contribution < 1.29 is 27.8 Å². The third kappa shape index (κ3) is 4.71. The molecule has 2 aromatic rings.